The van der Waals surface area contributed by atoms with Crippen LogP contribution in [0, 0.1) is 16.7 Å². The first-order chi connectivity index (χ1) is 8.81. The number of hydrogen-bond donors (Lipinski definition) is 1. The number of rotatable bonds is 5. The molecule has 94 valence electrons. The second-order valence-corrected chi connectivity index (χ2v) is 5.78. The number of benzene rings is 1. The number of nitrogens with one attached hydrogen (secondary N) is 1. The van der Waals surface area contributed by atoms with E-state index >= 15 is 0 Å². The number of hydrogen-bond acceptors (Lipinski definition) is 2. The fourth-order valence-corrected chi connectivity index (χ4v) is 2.82. The Morgan fingerprint density at radius 1 is 1.22 bits per heavy atom. The number of nitriles is 1. The molecule has 1 aromatic carbocycles. The monoisotopic (exact) mass is 240 g/mol. The van der Waals surface area contributed by atoms with Crippen molar-refractivity contribution in [2.45, 2.75) is 38.5 Å². The molecule has 0 bridgehead atoms. The fourth-order valence-electron chi connectivity index (χ4n) is 2.82. The van der Waals surface area contributed by atoms with E-state index in [4.69, 9.17) is 5.26 Å². The van der Waals surface area contributed by atoms with E-state index in [-0.39, 0.29) is 5.41 Å². The number of fused-ring (bicyclic) bond motifs is 1. The maximum absolute atomic E-state index is 8.99. The van der Waals surface area contributed by atoms with Crippen molar-refractivity contribution >= 4 is 0 Å². The van der Waals surface area contributed by atoms with Gasteiger partial charge in [-0.1, -0.05) is 18.2 Å². The van der Waals surface area contributed by atoms with Crippen LogP contribution in [0.4, 0.5) is 0 Å². The van der Waals surface area contributed by atoms with Crippen molar-refractivity contribution in [3.63, 3.8) is 0 Å². The van der Waals surface area contributed by atoms with E-state index < -0.39 is 0 Å². The lowest BCUT2D eigenvalue weighted by molar-refractivity contribution is 0.560. The van der Waals surface area contributed by atoms with E-state index in [1.54, 1.807) is 11.1 Å². The third-order valence-corrected chi connectivity index (χ3v) is 4.31. The zero-order chi connectivity index (χ0) is 12.4. The quantitative estimate of drug-likeness (QED) is 0.803. The molecule has 0 unspecified atom stereocenters. The van der Waals surface area contributed by atoms with Crippen molar-refractivity contribution in [3.05, 3.63) is 34.9 Å². The average Bonchev–Trinajstić information content (AvgIpc) is 3.03. The molecule has 1 fully saturated rings. The summed E-state index contributed by atoms with van der Waals surface area (Å²) < 4.78 is 0. The van der Waals surface area contributed by atoms with Crippen LogP contribution in [0.5, 0.6) is 0 Å². The van der Waals surface area contributed by atoms with E-state index in [1.807, 2.05) is 0 Å². The highest BCUT2D eigenvalue weighted by atomic mass is 14.9. The minimum absolute atomic E-state index is 0.0159. The Balaban J connectivity index is 1.47. The molecule has 3 rings (SSSR count). The van der Waals surface area contributed by atoms with Crippen LogP contribution in [0.15, 0.2) is 18.2 Å². The van der Waals surface area contributed by atoms with Crippen LogP contribution in [0.25, 0.3) is 0 Å². The first-order valence-electron chi connectivity index (χ1n) is 7.04. The molecule has 0 heterocycles. The van der Waals surface area contributed by atoms with Gasteiger partial charge in [-0.3, -0.25) is 0 Å². The van der Waals surface area contributed by atoms with E-state index in [2.05, 4.69) is 29.6 Å². The van der Waals surface area contributed by atoms with Gasteiger partial charge >= 0.3 is 0 Å². The predicted molar refractivity (Wildman–Crippen MR) is 72.3 cm³/mol. The Hall–Kier alpha value is -1.33. The van der Waals surface area contributed by atoms with Gasteiger partial charge in [0.05, 0.1) is 11.5 Å². The molecule has 0 spiro atoms. The molecule has 2 aliphatic carbocycles. The summed E-state index contributed by atoms with van der Waals surface area (Å²) in [4.78, 5) is 0. The summed E-state index contributed by atoms with van der Waals surface area (Å²) in [5, 5.41) is 12.4. The predicted octanol–water partition coefficient (Wildman–Crippen LogP) is 2.61. The van der Waals surface area contributed by atoms with E-state index in [0.717, 1.165) is 32.4 Å². The lowest BCUT2D eigenvalue weighted by atomic mass is 10.0. The standard InChI is InChI=1S/C16H20N2/c17-11-16(7-8-16)12-18-9-6-13-4-5-14-2-1-3-15(14)10-13/h4-5,10,18H,1-3,6-9,12H2. The summed E-state index contributed by atoms with van der Waals surface area (Å²) in [6.07, 6.45) is 7.08. The van der Waals surface area contributed by atoms with Gasteiger partial charge in [0, 0.05) is 6.54 Å². The van der Waals surface area contributed by atoms with E-state index in [9.17, 15) is 0 Å². The van der Waals surface area contributed by atoms with Gasteiger partial charge in [-0.05, 0) is 61.8 Å². The normalized spacial score (nSPS) is 19.3. The van der Waals surface area contributed by atoms with Gasteiger partial charge in [0.25, 0.3) is 0 Å². The lowest BCUT2D eigenvalue weighted by Crippen LogP contribution is -2.25. The van der Waals surface area contributed by atoms with Gasteiger partial charge in [-0.15, -0.1) is 0 Å². The second-order valence-electron chi connectivity index (χ2n) is 5.78. The van der Waals surface area contributed by atoms with E-state index in [1.165, 1.54) is 24.8 Å². The van der Waals surface area contributed by atoms with Crippen molar-refractivity contribution in [2.24, 2.45) is 5.41 Å². The molecule has 0 atom stereocenters. The Labute approximate surface area is 109 Å². The maximum Gasteiger partial charge on any atom is 0.0703 e. The largest absolute Gasteiger partial charge is 0.315 e. The summed E-state index contributed by atoms with van der Waals surface area (Å²) in [6.45, 7) is 1.86. The molecule has 0 aliphatic heterocycles. The van der Waals surface area contributed by atoms with Gasteiger partial charge in [0.2, 0.25) is 0 Å². The van der Waals surface area contributed by atoms with Crippen LogP contribution in [-0.4, -0.2) is 13.1 Å². The molecule has 18 heavy (non-hydrogen) atoms. The Bertz CT molecular complexity index is 480. The van der Waals surface area contributed by atoms with Crippen molar-refractivity contribution in [2.75, 3.05) is 13.1 Å². The molecule has 0 radical (unpaired) electrons. The first-order valence-corrected chi connectivity index (χ1v) is 7.04. The fraction of sp³-hybridized carbons (Fsp3) is 0.562. The summed E-state index contributed by atoms with van der Waals surface area (Å²) >= 11 is 0. The van der Waals surface area contributed by atoms with Crippen LogP contribution >= 0.6 is 0 Å². The third-order valence-electron chi connectivity index (χ3n) is 4.31. The van der Waals surface area contributed by atoms with Crippen molar-refractivity contribution in [3.8, 4) is 6.07 Å². The van der Waals surface area contributed by atoms with Gasteiger partial charge in [0.15, 0.2) is 0 Å². The highest BCUT2D eigenvalue weighted by Gasteiger charge is 2.42. The minimum atomic E-state index is -0.0159. The molecular formula is C16H20N2. The molecule has 0 aromatic heterocycles. The first kappa shape index (κ1) is 11.7. The maximum atomic E-state index is 8.99. The van der Waals surface area contributed by atoms with Crippen LogP contribution in [-0.2, 0) is 19.3 Å². The zero-order valence-electron chi connectivity index (χ0n) is 10.8. The summed E-state index contributed by atoms with van der Waals surface area (Å²) in [6, 6.07) is 9.37. The summed E-state index contributed by atoms with van der Waals surface area (Å²) in [5.41, 5.74) is 4.53. The van der Waals surface area contributed by atoms with Gasteiger partial charge in [-0.2, -0.15) is 5.26 Å². The second kappa shape index (κ2) is 4.74. The van der Waals surface area contributed by atoms with Crippen molar-refractivity contribution in [1.82, 2.24) is 5.32 Å². The Kier molecular flexibility index (Phi) is 3.09. The van der Waals surface area contributed by atoms with E-state index in [0.29, 0.717) is 0 Å². The molecule has 1 N–H and O–H groups in total. The molecule has 0 saturated heterocycles. The van der Waals surface area contributed by atoms with Gasteiger partial charge in [0.1, 0.15) is 0 Å². The SMILES string of the molecule is N#CC1(CNCCc2ccc3c(c2)CCC3)CC1. The average molecular weight is 240 g/mol. The van der Waals surface area contributed by atoms with Gasteiger partial charge < -0.3 is 5.32 Å². The van der Waals surface area contributed by atoms with Gasteiger partial charge in [-0.25, -0.2) is 0 Å². The molecule has 2 heteroatoms. The zero-order valence-corrected chi connectivity index (χ0v) is 10.8. The summed E-state index contributed by atoms with van der Waals surface area (Å²) in [5.74, 6) is 0. The summed E-state index contributed by atoms with van der Waals surface area (Å²) in [7, 11) is 0. The molecule has 1 aromatic rings. The minimum Gasteiger partial charge on any atom is -0.315 e. The highest BCUT2D eigenvalue weighted by Crippen LogP contribution is 2.43. The third kappa shape index (κ3) is 2.42. The van der Waals surface area contributed by atoms with Crippen molar-refractivity contribution < 1.29 is 0 Å². The molecule has 2 aliphatic rings. The number of nitrogens with zero attached hydrogens (tertiary/aromatic N) is 1. The smallest absolute Gasteiger partial charge is 0.0703 e. The van der Waals surface area contributed by atoms with Crippen LogP contribution in [0.3, 0.4) is 0 Å². The molecule has 1 saturated carbocycles. The highest BCUT2D eigenvalue weighted by molar-refractivity contribution is 5.35. The Morgan fingerprint density at radius 2 is 2.06 bits per heavy atom. The number of aryl methyl sites for hydroxylation is 2. The molecular weight excluding hydrogens is 220 g/mol. The molecule has 0 amide bonds. The lowest BCUT2D eigenvalue weighted by Gasteiger charge is -2.09. The molecule has 2 nitrogen and oxygen atoms in total. The Morgan fingerprint density at radius 3 is 2.83 bits per heavy atom. The van der Waals surface area contributed by atoms with Crippen LogP contribution in [0.2, 0.25) is 0 Å². The van der Waals surface area contributed by atoms with Crippen LogP contribution < -0.4 is 5.32 Å². The van der Waals surface area contributed by atoms with Crippen LogP contribution in [0.1, 0.15) is 36.0 Å². The van der Waals surface area contributed by atoms with Crippen molar-refractivity contribution in [1.29, 1.82) is 5.26 Å². The topological polar surface area (TPSA) is 35.8 Å².